The number of hydrogen-bond acceptors (Lipinski definition) is 0. The van der Waals surface area contributed by atoms with Crippen LogP contribution in [0.25, 0.3) is 27.5 Å². The van der Waals surface area contributed by atoms with E-state index in [9.17, 15) is 0 Å². The number of halogens is 1. The van der Waals surface area contributed by atoms with Gasteiger partial charge in [-0.1, -0.05) is 41.9 Å². The Morgan fingerprint density at radius 3 is 2.19 bits per heavy atom. The van der Waals surface area contributed by atoms with Crippen molar-refractivity contribution in [1.29, 1.82) is 0 Å². The molecule has 0 fully saturated rings. The number of fused-ring (bicyclic) bond motifs is 3. The van der Waals surface area contributed by atoms with Crippen LogP contribution in [0.3, 0.4) is 0 Å². The first-order valence-electron chi connectivity index (χ1n) is 6.40. The molecule has 1 aromatic heterocycles. The van der Waals surface area contributed by atoms with Crippen LogP contribution in [0.4, 0.5) is 0 Å². The van der Waals surface area contributed by atoms with Gasteiger partial charge in [-0.25, -0.2) is 0 Å². The van der Waals surface area contributed by atoms with Crippen molar-refractivity contribution in [1.82, 2.24) is 4.57 Å². The summed E-state index contributed by atoms with van der Waals surface area (Å²) in [7, 11) is 0. The first-order chi connectivity index (χ1) is 9.45. The fourth-order valence-corrected chi connectivity index (χ4v) is 2.71. The molecule has 0 unspecified atom stereocenters. The minimum atomic E-state index is 0. The van der Waals surface area contributed by atoms with E-state index in [2.05, 4.69) is 71.3 Å². The Labute approximate surface area is 150 Å². The third kappa shape index (κ3) is 2.61. The van der Waals surface area contributed by atoms with Crippen LogP contribution in [-0.2, 0) is 0 Å². The average molecular weight is 347 g/mol. The maximum atomic E-state index is 3.18. The minimum Gasteiger partial charge on any atom is -1.00 e. The summed E-state index contributed by atoms with van der Waals surface area (Å²) < 4.78 is 2.30. The Morgan fingerprint density at radius 1 is 0.714 bits per heavy atom. The van der Waals surface area contributed by atoms with Crippen molar-refractivity contribution >= 4 is 44.9 Å². The molecule has 0 aliphatic rings. The number of para-hydroxylation sites is 2. The Hall–Kier alpha value is -1.29. The van der Waals surface area contributed by atoms with Gasteiger partial charge in [-0.15, -0.1) is 11.5 Å². The smallest absolute Gasteiger partial charge is 1.00 e. The van der Waals surface area contributed by atoms with Gasteiger partial charge < -0.3 is 21.5 Å². The molecule has 0 spiro atoms. The van der Waals surface area contributed by atoms with Crippen molar-refractivity contribution in [2.45, 2.75) is 0 Å². The summed E-state index contributed by atoms with van der Waals surface area (Å²) in [6.07, 6.45) is 0. The molecule has 0 aliphatic carbocycles. The number of aromatic nitrogens is 1. The van der Waals surface area contributed by atoms with Crippen molar-refractivity contribution in [2.75, 3.05) is 0 Å². The summed E-state index contributed by atoms with van der Waals surface area (Å²) in [5.74, 6) is 0. The van der Waals surface area contributed by atoms with Gasteiger partial charge in [0.25, 0.3) is 0 Å². The van der Waals surface area contributed by atoms with Crippen LogP contribution in [0.15, 0.2) is 72.8 Å². The maximum Gasteiger partial charge on any atom is 2.00 e. The van der Waals surface area contributed by atoms with E-state index in [1.807, 2.05) is 12.1 Å². The number of hydrogen-bond donors (Lipinski definition) is 0. The predicted octanol–water partition coefficient (Wildman–Crippen LogP) is 1.21. The average Bonchev–Trinajstić information content (AvgIpc) is 2.83. The second-order valence-electron chi connectivity index (χ2n) is 4.63. The summed E-state index contributed by atoms with van der Waals surface area (Å²) >= 11 is 0. The number of benzene rings is 3. The van der Waals surface area contributed by atoms with E-state index in [1.165, 1.54) is 27.5 Å². The normalized spacial score (nSPS) is 10.1. The summed E-state index contributed by atoms with van der Waals surface area (Å²) in [5.41, 5.74) is 3.66. The predicted molar refractivity (Wildman–Crippen MR) is 85.4 cm³/mol. The summed E-state index contributed by atoms with van der Waals surface area (Å²) in [4.78, 5) is 0. The van der Waals surface area contributed by atoms with Gasteiger partial charge in [0.1, 0.15) is 0 Å². The van der Waals surface area contributed by atoms with Crippen LogP contribution >= 0.6 is 0 Å². The minimum absolute atomic E-state index is 0. The zero-order chi connectivity index (χ0) is 12.7. The van der Waals surface area contributed by atoms with Gasteiger partial charge in [-0.2, -0.15) is 18.2 Å². The molecule has 98 valence electrons. The van der Waals surface area contributed by atoms with Crippen molar-refractivity contribution < 1.29 is 17.0 Å². The van der Waals surface area contributed by atoms with Crippen LogP contribution in [0.5, 0.6) is 0 Å². The van der Waals surface area contributed by atoms with Crippen LogP contribution in [0.2, 0.25) is 0 Å². The molecule has 0 aliphatic heterocycles. The monoisotopic (exact) mass is 345 g/mol. The molecule has 0 radical (unpaired) electrons. The van der Waals surface area contributed by atoms with E-state index in [1.54, 1.807) is 0 Å². The van der Waals surface area contributed by atoms with Crippen molar-refractivity contribution in [3.63, 3.8) is 0 Å². The van der Waals surface area contributed by atoms with Crippen molar-refractivity contribution in [3.8, 4) is 5.69 Å². The first-order valence-corrected chi connectivity index (χ1v) is 6.40. The molecule has 0 saturated heterocycles. The van der Waals surface area contributed by atoms with Crippen LogP contribution in [-0.4, -0.2) is 27.6 Å². The van der Waals surface area contributed by atoms with Crippen LogP contribution < -0.4 is 17.0 Å². The van der Waals surface area contributed by atoms with Gasteiger partial charge in [0, 0.05) is 11.2 Å². The molecule has 3 heteroatoms. The molecule has 0 N–H and O–H groups in total. The fourth-order valence-electron chi connectivity index (χ4n) is 2.71. The molecular weight excluding hydrogens is 334 g/mol. The third-order valence-electron chi connectivity index (χ3n) is 3.53. The fraction of sp³-hybridized carbons (Fsp3) is 0. The molecule has 1 heterocycles. The maximum absolute atomic E-state index is 3.18. The number of rotatable bonds is 1. The van der Waals surface area contributed by atoms with Gasteiger partial charge in [0.2, 0.25) is 0 Å². The van der Waals surface area contributed by atoms with Gasteiger partial charge in [-0.3, -0.25) is 0 Å². The SMILES string of the molecule is [Br-].[Mg+2].[c-]1ccc2c(c1)c1ccccc1n2-c1ccccc1. The Balaban J connectivity index is 0.000000807. The van der Waals surface area contributed by atoms with E-state index in [-0.39, 0.29) is 40.0 Å². The van der Waals surface area contributed by atoms with E-state index in [4.69, 9.17) is 0 Å². The summed E-state index contributed by atoms with van der Waals surface area (Å²) in [6.45, 7) is 0. The summed E-state index contributed by atoms with van der Waals surface area (Å²) in [6, 6.07) is 28.3. The molecule has 0 saturated carbocycles. The molecule has 21 heavy (non-hydrogen) atoms. The number of nitrogens with zero attached hydrogens (tertiary/aromatic N) is 1. The Morgan fingerprint density at radius 2 is 1.38 bits per heavy atom. The largest absolute Gasteiger partial charge is 2.00 e. The molecule has 4 rings (SSSR count). The van der Waals surface area contributed by atoms with Crippen molar-refractivity contribution in [3.05, 3.63) is 78.9 Å². The van der Waals surface area contributed by atoms with Gasteiger partial charge in [0.05, 0.1) is 0 Å². The molecular formula is C18H12BrMgN. The van der Waals surface area contributed by atoms with E-state index in [0.29, 0.717) is 0 Å². The molecule has 0 atom stereocenters. The zero-order valence-corrected chi connectivity index (χ0v) is 14.5. The second kappa shape index (κ2) is 6.65. The van der Waals surface area contributed by atoms with E-state index < -0.39 is 0 Å². The third-order valence-corrected chi connectivity index (χ3v) is 3.53. The van der Waals surface area contributed by atoms with Crippen LogP contribution in [0, 0.1) is 6.07 Å². The van der Waals surface area contributed by atoms with Gasteiger partial charge in [-0.05, 0) is 23.6 Å². The topological polar surface area (TPSA) is 4.93 Å². The summed E-state index contributed by atoms with van der Waals surface area (Å²) in [5, 5.41) is 2.53. The quantitative estimate of drug-likeness (QED) is 0.361. The molecule has 1 nitrogen and oxygen atoms in total. The zero-order valence-electron chi connectivity index (χ0n) is 11.5. The Bertz CT molecular complexity index is 815. The standard InChI is InChI=1S/C18H12N.BrH.Mg/c1-2-8-14(9-3-1)19-17-12-6-4-10-15(17)16-11-5-7-13-18(16)19;;/h1-4,6-13H;1H;/q-1;;+2/p-1. The molecule has 0 amide bonds. The second-order valence-corrected chi connectivity index (χ2v) is 4.63. The van der Waals surface area contributed by atoms with E-state index >= 15 is 0 Å². The van der Waals surface area contributed by atoms with Gasteiger partial charge >= 0.3 is 23.1 Å². The van der Waals surface area contributed by atoms with Crippen LogP contribution in [0.1, 0.15) is 0 Å². The van der Waals surface area contributed by atoms with E-state index in [0.717, 1.165) is 0 Å². The first kappa shape index (κ1) is 16.1. The molecule has 3 aromatic carbocycles. The van der Waals surface area contributed by atoms with Gasteiger partial charge in [0.15, 0.2) is 0 Å². The molecule has 0 bridgehead atoms. The Kier molecular flexibility index (Phi) is 5.09. The molecule has 4 aromatic rings. The van der Waals surface area contributed by atoms with Crippen molar-refractivity contribution in [2.24, 2.45) is 0 Å².